The Morgan fingerprint density at radius 1 is 0.917 bits per heavy atom. The van der Waals surface area contributed by atoms with E-state index in [9.17, 15) is 19.2 Å². The normalized spacial score (nSPS) is 11.3. The maximum Gasteiger partial charge on any atom is 0.332 e. The molecule has 1 N–H and O–H groups in total. The molecule has 0 aliphatic heterocycles. The zero-order chi connectivity index (χ0) is 25.4. The van der Waals surface area contributed by atoms with Crippen LogP contribution in [0.2, 0.25) is 0 Å². The third-order valence-electron chi connectivity index (χ3n) is 5.97. The summed E-state index contributed by atoms with van der Waals surface area (Å²) in [5.41, 5.74) is 0.266. The number of rotatable bonds is 6. The molecule has 0 aliphatic rings. The monoisotopic (exact) mass is 486 g/mol. The Morgan fingerprint density at radius 3 is 2.42 bits per heavy atom. The maximum absolute atomic E-state index is 13.0. The number of carbonyl (C=O) groups excluding carboxylic acids is 1. The second kappa shape index (κ2) is 9.06. The van der Waals surface area contributed by atoms with Crippen LogP contribution in [0.1, 0.15) is 11.4 Å². The average molecular weight is 486 g/mol. The minimum atomic E-state index is -0.535. The average Bonchev–Trinajstić information content (AvgIpc) is 3.31. The van der Waals surface area contributed by atoms with Crippen molar-refractivity contribution in [1.29, 1.82) is 0 Å². The van der Waals surface area contributed by atoms with Gasteiger partial charge in [0, 0.05) is 25.7 Å². The van der Waals surface area contributed by atoms with Crippen molar-refractivity contribution in [3.05, 3.63) is 97.6 Å². The van der Waals surface area contributed by atoms with Crippen molar-refractivity contribution in [2.75, 3.05) is 0 Å². The van der Waals surface area contributed by atoms with E-state index in [1.165, 1.54) is 34.2 Å². The Kier molecular flexibility index (Phi) is 5.76. The molecule has 12 heteroatoms. The van der Waals surface area contributed by atoms with Crippen molar-refractivity contribution in [2.45, 2.75) is 19.6 Å². The van der Waals surface area contributed by atoms with Crippen molar-refractivity contribution in [2.24, 2.45) is 14.1 Å². The lowest BCUT2D eigenvalue weighted by atomic mass is 10.1. The summed E-state index contributed by atoms with van der Waals surface area (Å²) in [4.78, 5) is 58.9. The molecule has 0 unspecified atom stereocenters. The van der Waals surface area contributed by atoms with Crippen LogP contribution in [0.25, 0.3) is 21.9 Å². The van der Waals surface area contributed by atoms with Crippen molar-refractivity contribution in [3.8, 4) is 0 Å². The van der Waals surface area contributed by atoms with Crippen LogP contribution in [0, 0.1) is 0 Å². The van der Waals surface area contributed by atoms with Gasteiger partial charge in [-0.2, -0.15) is 5.10 Å². The Bertz CT molecular complexity index is 1800. The van der Waals surface area contributed by atoms with Gasteiger partial charge in [0.2, 0.25) is 5.91 Å². The molecule has 36 heavy (non-hydrogen) atoms. The topological polar surface area (TPSA) is 139 Å². The van der Waals surface area contributed by atoms with Gasteiger partial charge in [0.25, 0.3) is 11.1 Å². The van der Waals surface area contributed by atoms with Crippen molar-refractivity contribution >= 4 is 27.8 Å². The van der Waals surface area contributed by atoms with Crippen molar-refractivity contribution in [1.82, 2.24) is 38.8 Å². The molecule has 0 aliphatic carbocycles. The lowest BCUT2D eigenvalue weighted by Crippen LogP contribution is -2.38. The highest BCUT2D eigenvalue weighted by Crippen LogP contribution is 2.14. The van der Waals surface area contributed by atoms with Gasteiger partial charge in [-0.25, -0.2) is 14.5 Å². The lowest BCUT2D eigenvalue weighted by Gasteiger charge is -2.12. The molecule has 0 spiro atoms. The molecule has 182 valence electrons. The third kappa shape index (κ3) is 3.98. The van der Waals surface area contributed by atoms with E-state index in [-0.39, 0.29) is 36.4 Å². The smallest absolute Gasteiger partial charge is 0.332 e. The molecule has 0 atom stereocenters. The molecule has 0 bridgehead atoms. The standard InChI is InChI=1S/C24H22N8O4/c1-29-21-20(23(35)30(2)24(29)36)31(14-27-21)13-19(33)26-11-18-16-8-3-4-9-17(16)22(34)32(28-18)12-15-7-5-6-10-25-15/h3-10,14H,11-13H2,1-2H3,(H,26,33). The Hall–Kier alpha value is -4.87. The molecule has 12 nitrogen and oxygen atoms in total. The number of nitrogens with one attached hydrogen (secondary N) is 1. The summed E-state index contributed by atoms with van der Waals surface area (Å²) >= 11 is 0. The number of benzene rings is 1. The van der Waals surface area contributed by atoms with E-state index in [0.717, 1.165) is 4.57 Å². The predicted molar refractivity (Wildman–Crippen MR) is 131 cm³/mol. The van der Waals surface area contributed by atoms with Gasteiger partial charge in [-0.15, -0.1) is 0 Å². The first-order valence-electron chi connectivity index (χ1n) is 11.1. The first-order valence-corrected chi connectivity index (χ1v) is 11.1. The molecule has 4 heterocycles. The molecule has 0 fully saturated rings. The van der Waals surface area contributed by atoms with Crippen LogP contribution in [-0.4, -0.2) is 39.4 Å². The SMILES string of the molecule is Cn1c(=O)c2c(ncn2CC(=O)NCc2nn(Cc3ccccn3)c(=O)c3ccccc23)n(C)c1=O. The maximum atomic E-state index is 13.0. The Labute approximate surface area is 203 Å². The van der Waals surface area contributed by atoms with Crippen LogP contribution in [0.15, 0.2) is 69.4 Å². The van der Waals surface area contributed by atoms with Crippen molar-refractivity contribution < 1.29 is 4.79 Å². The summed E-state index contributed by atoms with van der Waals surface area (Å²) in [5.74, 6) is -0.390. The summed E-state index contributed by atoms with van der Waals surface area (Å²) in [5, 5.41) is 8.43. The lowest BCUT2D eigenvalue weighted by molar-refractivity contribution is -0.121. The minimum absolute atomic E-state index is 0.0605. The van der Waals surface area contributed by atoms with Crippen LogP contribution in [0.4, 0.5) is 0 Å². The summed E-state index contributed by atoms with van der Waals surface area (Å²) in [7, 11) is 2.89. The molecule has 0 saturated heterocycles. The molecule has 1 amide bonds. The largest absolute Gasteiger partial charge is 0.349 e. The number of imidazole rings is 1. The summed E-state index contributed by atoms with van der Waals surface area (Å²) in [6.07, 6.45) is 3.00. The zero-order valence-electron chi connectivity index (χ0n) is 19.6. The quantitative estimate of drug-likeness (QED) is 0.354. The van der Waals surface area contributed by atoms with Gasteiger partial charge in [-0.05, 0) is 18.2 Å². The number of nitrogens with zero attached hydrogens (tertiary/aromatic N) is 7. The fraction of sp³-hybridized carbons (Fsp3) is 0.208. The Balaban J connectivity index is 1.42. The minimum Gasteiger partial charge on any atom is -0.349 e. The molecular formula is C24H22N8O4. The highest BCUT2D eigenvalue weighted by molar-refractivity contribution is 5.84. The number of aromatic nitrogens is 7. The van der Waals surface area contributed by atoms with E-state index in [0.29, 0.717) is 22.2 Å². The van der Waals surface area contributed by atoms with Gasteiger partial charge in [0.05, 0.1) is 36.2 Å². The van der Waals surface area contributed by atoms with E-state index >= 15 is 0 Å². The van der Waals surface area contributed by atoms with E-state index < -0.39 is 17.2 Å². The number of hydrogen-bond donors (Lipinski definition) is 1. The summed E-state index contributed by atoms with van der Waals surface area (Å²) in [6.45, 7) is 0.0644. The predicted octanol–water partition coefficient (Wildman–Crippen LogP) is -0.0967. The van der Waals surface area contributed by atoms with Crippen molar-refractivity contribution in [3.63, 3.8) is 0 Å². The first-order chi connectivity index (χ1) is 17.3. The van der Waals surface area contributed by atoms with Gasteiger partial charge in [-0.1, -0.05) is 24.3 Å². The Morgan fingerprint density at radius 2 is 1.67 bits per heavy atom. The molecule has 4 aromatic heterocycles. The molecule has 0 radical (unpaired) electrons. The number of hydrogen-bond acceptors (Lipinski definition) is 7. The molecule has 5 aromatic rings. The van der Waals surface area contributed by atoms with E-state index in [1.54, 1.807) is 42.6 Å². The zero-order valence-corrected chi connectivity index (χ0v) is 19.6. The van der Waals surface area contributed by atoms with Crippen LogP contribution in [0.5, 0.6) is 0 Å². The van der Waals surface area contributed by atoms with E-state index in [2.05, 4.69) is 20.4 Å². The second-order valence-electron chi connectivity index (χ2n) is 8.30. The van der Waals surface area contributed by atoms with Crippen LogP contribution in [-0.2, 0) is 38.5 Å². The molecule has 1 aromatic carbocycles. The number of carbonyl (C=O) groups is 1. The van der Waals surface area contributed by atoms with E-state index in [1.807, 2.05) is 6.07 Å². The van der Waals surface area contributed by atoms with Gasteiger partial charge >= 0.3 is 5.69 Å². The third-order valence-corrected chi connectivity index (χ3v) is 5.97. The van der Waals surface area contributed by atoms with Gasteiger partial charge < -0.3 is 9.88 Å². The number of pyridine rings is 1. The van der Waals surface area contributed by atoms with Gasteiger partial charge in [0.15, 0.2) is 11.2 Å². The highest BCUT2D eigenvalue weighted by atomic mass is 16.2. The number of amides is 1. The molecule has 5 rings (SSSR count). The van der Waals surface area contributed by atoms with E-state index in [4.69, 9.17) is 0 Å². The highest BCUT2D eigenvalue weighted by Gasteiger charge is 2.17. The van der Waals surface area contributed by atoms with Crippen LogP contribution < -0.4 is 22.1 Å². The van der Waals surface area contributed by atoms with Gasteiger partial charge in [-0.3, -0.25) is 28.5 Å². The first kappa shape index (κ1) is 22.9. The van der Waals surface area contributed by atoms with Gasteiger partial charge in [0.1, 0.15) is 6.54 Å². The summed E-state index contributed by atoms with van der Waals surface area (Å²) < 4.78 is 4.96. The fourth-order valence-corrected chi connectivity index (χ4v) is 4.10. The number of fused-ring (bicyclic) bond motifs is 2. The molecular weight excluding hydrogens is 464 g/mol. The number of aryl methyl sites for hydroxylation is 1. The second-order valence-corrected chi connectivity index (χ2v) is 8.30. The van der Waals surface area contributed by atoms with Crippen LogP contribution >= 0.6 is 0 Å². The van der Waals surface area contributed by atoms with Crippen LogP contribution in [0.3, 0.4) is 0 Å². The fourth-order valence-electron chi connectivity index (χ4n) is 4.10. The summed E-state index contributed by atoms with van der Waals surface area (Å²) in [6, 6.07) is 12.5. The molecule has 0 saturated carbocycles.